The Labute approximate surface area is 95.2 Å². The van der Waals surface area contributed by atoms with Crippen molar-refractivity contribution in [3.8, 4) is 6.07 Å². The van der Waals surface area contributed by atoms with E-state index in [1.165, 1.54) is 5.56 Å². The standard InChI is InChI=1S/C14H12N2/c15-9-8-13-7-4-10-16-14(13)11-12-5-2-1-3-6-12/h1-7,10H,8,11H2. The maximum atomic E-state index is 8.73. The molecule has 0 amide bonds. The van der Waals surface area contributed by atoms with Crippen LogP contribution in [0.3, 0.4) is 0 Å². The second kappa shape index (κ2) is 5.09. The minimum atomic E-state index is 0.427. The Hall–Kier alpha value is -2.14. The Morgan fingerprint density at radius 3 is 2.62 bits per heavy atom. The predicted octanol–water partition coefficient (Wildman–Crippen LogP) is 2.74. The molecule has 0 bridgehead atoms. The van der Waals surface area contributed by atoms with Crippen LogP contribution in [0.4, 0.5) is 0 Å². The van der Waals surface area contributed by atoms with Crippen LogP contribution in [0.1, 0.15) is 16.8 Å². The zero-order chi connectivity index (χ0) is 11.2. The van der Waals surface area contributed by atoms with Crippen LogP contribution in [0.5, 0.6) is 0 Å². The second-order valence-corrected chi connectivity index (χ2v) is 3.61. The normalized spacial score (nSPS) is 9.69. The van der Waals surface area contributed by atoms with E-state index >= 15 is 0 Å². The van der Waals surface area contributed by atoms with Crippen molar-refractivity contribution in [1.29, 1.82) is 5.26 Å². The van der Waals surface area contributed by atoms with E-state index in [1.807, 2.05) is 30.3 Å². The average Bonchev–Trinajstić information content (AvgIpc) is 2.33. The Morgan fingerprint density at radius 2 is 1.88 bits per heavy atom. The van der Waals surface area contributed by atoms with Gasteiger partial charge in [-0.15, -0.1) is 0 Å². The molecule has 0 radical (unpaired) electrons. The van der Waals surface area contributed by atoms with Gasteiger partial charge < -0.3 is 0 Å². The summed E-state index contributed by atoms with van der Waals surface area (Å²) in [6.45, 7) is 0. The predicted molar refractivity (Wildman–Crippen MR) is 62.8 cm³/mol. The summed E-state index contributed by atoms with van der Waals surface area (Å²) in [5, 5.41) is 8.73. The van der Waals surface area contributed by atoms with Crippen molar-refractivity contribution in [3.63, 3.8) is 0 Å². The Morgan fingerprint density at radius 1 is 1.06 bits per heavy atom. The topological polar surface area (TPSA) is 36.7 Å². The van der Waals surface area contributed by atoms with E-state index in [-0.39, 0.29) is 0 Å². The first-order chi connectivity index (χ1) is 7.90. The van der Waals surface area contributed by atoms with Gasteiger partial charge in [0, 0.05) is 18.3 Å². The van der Waals surface area contributed by atoms with E-state index in [4.69, 9.17) is 5.26 Å². The van der Waals surface area contributed by atoms with Crippen LogP contribution in [0.25, 0.3) is 0 Å². The third-order valence-electron chi connectivity index (χ3n) is 2.47. The van der Waals surface area contributed by atoms with Crippen molar-refractivity contribution in [1.82, 2.24) is 4.98 Å². The molecule has 0 N–H and O–H groups in total. The van der Waals surface area contributed by atoms with E-state index in [9.17, 15) is 0 Å². The highest BCUT2D eigenvalue weighted by Gasteiger charge is 2.03. The molecule has 0 aliphatic carbocycles. The van der Waals surface area contributed by atoms with Crippen LogP contribution in [0, 0.1) is 11.3 Å². The number of aromatic nitrogens is 1. The molecule has 0 spiro atoms. The van der Waals surface area contributed by atoms with E-state index in [0.717, 1.165) is 17.7 Å². The number of hydrogen-bond acceptors (Lipinski definition) is 2. The van der Waals surface area contributed by atoms with Gasteiger partial charge in [0.25, 0.3) is 0 Å². The largest absolute Gasteiger partial charge is 0.261 e. The molecule has 1 heterocycles. The molecule has 0 saturated heterocycles. The molecule has 0 atom stereocenters. The Bertz CT molecular complexity index is 498. The molecule has 2 aromatic rings. The first-order valence-electron chi connectivity index (χ1n) is 5.24. The van der Waals surface area contributed by atoms with Crippen molar-refractivity contribution < 1.29 is 0 Å². The van der Waals surface area contributed by atoms with Crippen molar-refractivity contribution >= 4 is 0 Å². The van der Waals surface area contributed by atoms with Gasteiger partial charge in [-0.1, -0.05) is 36.4 Å². The van der Waals surface area contributed by atoms with Gasteiger partial charge in [0.05, 0.1) is 12.5 Å². The van der Waals surface area contributed by atoms with Crippen LogP contribution in [0.2, 0.25) is 0 Å². The molecule has 16 heavy (non-hydrogen) atoms. The third-order valence-corrected chi connectivity index (χ3v) is 2.47. The van der Waals surface area contributed by atoms with Gasteiger partial charge in [-0.2, -0.15) is 5.26 Å². The molecule has 1 aromatic heterocycles. The lowest BCUT2D eigenvalue weighted by atomic mass is 10.0. The molecule has 2 rings (SSSR count). The van der Waals surface area contributed by atoms with Gasteiger partial charge in [0.15, 0.2) is 0 Å². The molecular formula is C14H12N2. The van der Waals surface area contributed by atoms with Gasteiger partial charge in [0.2, 0.25) is 0 Å². The van der Waals surface area contributed by atoms with E-state index in [0.29, 0.717) is 6.42 Å². The van der Waals surface area contributed by atoms with E-state index in [2.05, 4.69) is 23.2 Å². The van der Waals surface area contributed by atoms with E-state index in [1.54, 1.807) is 6.20 Å². The minimum absolute atomic E-state index is 0.427. The zero-order valence-corrected chi connectivity index (χ0v) is 8.93. The average molecular weight is 208 g/mol. The molecule has 78 valence electrons. The lowest BCUT2D eigenvalue weighted by Crippen LogP contribution is -1.97. The minimum Gasteiger partial charge on any atom is -0.261 e. The first-order valence-corrected chi connectivity index (χ1v) is 5.24. The van der Waals surface area contributed by atoms with Crippen LogP contribution in [0.15, 0.2) is 48.7 Å². The van der Waals surface area contributed by atoms with Gasteiger partial charge in [-0.05, 0) is 17.2 Å². The summed E-state index contributed by atoms with van der Waals surface area (Å²) in [6, 6.07) is 16.2. The number of rotatable bonds is 3. The van der Waals surface area contributed by atoms with Gasteiger partial charge in [-0.3, -0.25) is 4.98 Å². The lowest BCUT2D eigenvalue weighted by Gasteiger charge is -2.05. The summed E-state index contributed by atoms with van der Waals surface area (Å²) in [4.78, 5) is 4.34. The molecule has 0 fully saturated rings. The van der Waals surface area contributed by atoms with Crippen molar-refractivity contribution in [2.75, 3.05) is 0 Å². The summed E-state index contributed by atoms with van der Waals surface area (Å²) in [5.41, 5.74) is 3.24. The molecule has 2 nitrogen and oxygen atoms in total. The van der Waals surface area contributed by atoms with E-state index < -0.39 is 0 Å². The molecule has 0 aliphatic rings. The van der Waals surface area contributed by atoms with Crippen molar-refractivity contribution in [3.05, 3.63) is 65.5 Å². The smallest absolute Gasteiger partial charge is 0.0670 e. The SMILES string of the molecule is N#CCc1cccnc1Cc1ccccc1. The monoisotopic (exact) mass is 208 g/mol. The zero-order valence-electron chi connectivity index (χ0n) is 8.93. The summed E-state index contributed by atoms with van der Waals surface area (Å²) in [6.07, 6.45) is 2.99. The highest BCUT2D eigenvalue weighted by Crippen LogP contribution is 2.11. The molecule has 1 aromatic carbocycles. The fraction of sp³-hybridized carbons (Fsp3) is 0.143. The number of hydrogen-bond donors (Lipinski definition) is 0. The Balaban J connectivity index is 2.25. The highest BCUT2D eigenvalue weighted by atomic mass is 14.7. The fourth-order valence-electron chi connectivity index (χ4n) is 1.67. The second-order valence-electron chi connectivity index (χ2n) is 3.61. The Kier molecular flexibility index (Phi) is 3.30. The summed E-state index contributed by atoms with van der Waals surface area (Å²) >= 11 is 0. The lowest BCUT2D eigenvalue weighted by molar-refractivity contribution is 1.02. The van der Waals surface area contributed by atoms with Crippen LogP contribution < -0.4 is 0 Å². The number of benzene rings is 1. The van der Waals surface area contributed by atoms with Crippen molar-refractivity contribution in [2.24, 2.45) is 0 Å². The molecule has 0 aliphatic heterocycles. The summed E-state index contributed by atoms with van der Waals surface area (Å²) in [5.74, 6) is 0. The number of nitrogens with zero attached hydrogens (tertiary/aromatic N) is 2. The van der Waals surface area contributed by atoms with Gasteiger partial charge >= 0.3 is 0 Å². The third kappa shape index (κ3) is 2.46. The quantitative estimate of drug-likeness (QED) is 0.777. The summed E-state index contributed by atoms with van der Waals surface area (Å²) < 4.78 is 0. The number of nitriles is 1. The maximum absolute atomic E-state index is 8.73. The van der Waals surface area contributed by atoms with Gasteiger partial charge in [-0.25, -0.2) is 0 Å². The van der Waals surface area contributed by atoms with Crippen LogP contribution in [-0.4, -0.2) is 4.98 Å². The molecule has 0 unspecified atom stereocenters. The van der Waals surface area contributed by atoms with Crippen molar-refractivity contribution in [2.45, 2.75) is 12.8 Å². The first kappa shape index (κ1) is 10.4. The van der Waals surface area contributed by atoms with Gasteiger partial charge in [0.1, 0.15) is 0 Å². The van der Waals surface area contributed by atoms with Crippen LogP contribution >= 0.6 is 0 Å². The maximum Gasteiger partial charge on any atom is 0.0670 e. The van der Waals surface area contributed by atoms with Crippen LogP contribution in [-0.2, 0) is 12.8 Å². The summed E-state index contributed by atoms with van der Waals surface area (Å²) in [7, 11) is 0. The molecular weight excluding hydrogens is 196 g/mol. The highest BCUT2D eigenvalue weighted by molar-refractivity contribution is 5.29. The molecule has 2 heteroatoms. The molecule has 0 saturated carbocycles. The fourth-order valence-corrected chi connectivity index (χ4v) is 1.67. The number of pyridine rings is 1.